The molecule has 2 N–H and O–H groups in total. The Morgan fingerprint density at radius 3 is 2.14 bits per heavy atom. The first-order chi connectivity index (χ1) is 9.39. The number of benzene rings is 1. The molecule has 0 saturated carbocycles. The molecular formula is C10H10F6N2O2S. The van der Waals surface area contributed by atoms with Gasteiger partial charge in [0.1, 0.15) is 6.54 Å². The minimum atomic E-state index is -4.73. The lowest BCUT2D eigenvalue weighted by Gasteiger charge is -2.11. The van der Waals surface area contributed by atoms with Crippen molar-refractivity contribution >= 4 is 10.2 Å². The van der Waals surface area contributed by atoms with E-state index in [2.05, 4.69) is 0 Å². The Hall–Kier alpha value is -1.33. The average Bonchev–Trinajstić information content (AvgIpc) is 2.33. The molecular weight excluding hydrogens is 326 g/mol. The molecule has 1 rings (SSSR count). The van der Waals surface area contributed by atoms with Crippen molar-refractivity contribution in [2.24, 2.45) is 0 Å². The zero-order valence-corrected chi connectivity index (χ0v) is 11.0. The normalized spacial score (nSPS) is 13.4. The van der Waals surface area contributed by atoms with Gasteiger partial charge in [-0.15, -0.1) is 0 Å². The maximum Gasteiger partial charge on any atom is 0.416 e. The Balaban J connectivity index is 2.67. The van der Waals surface area contributed by atoms with Crippen LogP contribution in [0.1, 0.15) is 11.1 Å². The summed E-state index contributed by atoms with van der Waals surface area (Å²) in [6.45, 7) is -2.35. The summed E-state index contributed by atoms with van der Waals surface area (Å²) in [6, 6.07) is 3.77. The van der Waals surface area contributed by atoms with Crippen LogP contribution in [-0.2, 0) is 22.9 Å². The lowest BCUT2D eigenvalue weighted by atomic mass is 10.1. The van der Waals surface area contributed by atoms with Crippen LogP contribution in [0, 0.1) is 0 Å². The second kappa shape index (κ2) is 6.20. The summed E-state index contributed by atoms with van der Waals surface area (Å²) in [7, 11) is -4.46. The fraction of sp³-hybridized carbons (Fsp3) is 0.400. The minimum Gasteiger partial charge on any atom is -0.198 e. The summed E-state index contributed by atoms with van der Waals surface area (Å²) in [4.78, 5) is 0. The lowest BCUT2D eigenvalue weighted by molar-refractivity contribution is -0.137. The predicted molar refractivity (Wildman–Crippen MR) is 61.3 cm³/mol. The molecule has 21 heavy (non-hydrogen) atoms. The summed E-state index contributed by atoms with van der Waals surface area (Å²) in [6.07, 6.45) is -9.33. The van der Waals surface area contributed by atoms with Gasteiger partial charge in [-0.3, -0.25) is 0 Å². The molecule has 0 saturated heterocycles. The highest BCUT2D eigenvalue weighted by Crippen LogP contribution is 2.29. The van der Waals surface area contributed by atoms with E-state index in [-0.39, 0.29) is 5.56 Å². The SMILES string of the molecule is O=S(=O)(NCc1cccc(C(F)(F)F)c1)NCC(F)(F)F. The van der Waals surface area contributed by atoms with Crippen molar-refractivity contribution in [3.05, 3.63) is 35.4 Å². The van der Waals surface area contributed by atoms with Crippen molar-refractivity contribution < 1.29 is 34.8 Å². The first-order valence-corrected chi connectivity index (χ1v) is 6.84. The molecule has 0 aliphatic heterocycles. The number of alkyl halides is 6. The number of nitrogens with one attached hydrogen (secondary N) is 2. The third kappa shape index (κ3) is 6.78. The van der Waals surface area contributed by atoms with Gasteiger partial charge < -0.3 is 0 Å². The van der Waals surface area contributed by atoms with Gasteiger partial charge in [-0.05, 0) is 11.6 Å². The Bertz CT molecular complexity index is 582. The van der Waals surface area contributed by atoms with E-state index in [1.54, 1.807) is 4.72 Å². The summed E-state index contributed by atoms with van der Waals surface area (Å²) >= 11 is 0. The number of rotatable bonds is 5. The van der Waals surface area contributed by atoms with Gasteiger partial charge in [0, 0.05) is 6.54 Å². The summed E-state index contributed by atoms with van der Waals surface area (Å²) in [5.41, 5.74) is -1.02. The maximum atomic E-state index is 12.4. The van der Waals surface area contributed by atoms with Gasteiger partial charge in [0.05, 0.1) is 5.56 Å². The van der Waals surface area contributed by atoms with Crippen LogP contribution in [-0.4, -0.2) is 21.1 Å². The highest BCUT2D eigenvalue weighted by molar-refractivity contribution is 7.87. The fourth-order valence-corrected chi connectivity index (χ4v) is 2.08. The third-order valence-electron chi connectivity index (χ3n) is 2.18. The Morgan fingerprint density at radius 2 is 1.62 bits per heavy atom. The largest absolute Gasteiger partial charge is 0.416 e. The van der Waals surface area contributed by atoms with Gasteiger partial charge in [0.15, 0.2) is 0 Å². The zero-order chi connectivity index (χ0) is 16.3. The molecule has 120 valence electrons. The van der Waals surface area contributed by atoms with E-state index in [0.717, 1.165) is 12.1 Å². The molecule has 0 unspecified atom stereocenters. The molecule has 0 bridgehead atoms. The Kier molecular flexibility index (Phi) is 5.23. The van der Waals surface area contributed by atoms with Crippen LogP contribution in [0.25, 0.3) is 0 Å². The third-order valence-corrected chi connectivity index (χ3v) is 3.23. The minimum absolute atomic E-state index is 0.0396. The quantitative estimate of drug-likeness (QED) is 0.810. The molecule has 0 amide bonds. The lowest BCUT2D eigenvalue weighted by Crippen LogP contribution is -2.41. The molecule has 1 aromatic carbocycles. The van der Waals surface area contributed by atoms with Crippen molar-refractivity contribution in [2.45, 2.75) is 18.9 Å². The van der Waals surface area contributed by atoms with Crippen molar-refractivity contribution in [3.8, 4) is 0 Å². The fourth-order valence-electron chi connectivity index (χ4n) is 1.26. The van der Waals surface area contributed by atoms with E-state index in [1.165, 1.54) is 10.8 Å². The van der Waals surface area contributed by atoms with Crippen LogP contribution in [0.2, 0.25) is 0 Å². The highest BCUT2D eigenvalue weighted by atomic mass is 32.2. The van der Waals surface area contributed by atoms with E-state index in [1.807, 2.05) is 0 Å². The van der Waals surface area contributed by atoms with E-state index >= 15 is 0 Å². The predicted octanol–water partition coefficient (Wildman–Crippen LogP) is 2.19. The molecule has 0 radical (unpaired) electrons. The standard InChI is InChI=1S/C10H10F6N2O2S/c11-9(12,13)6-18-21(19,20)17-5-7-2-1-3-8(4-7)10(14,15)16/h1-4,17-18H,5-6H2. The zero-order valence-electron chi connectivity index (χ0n) is 10.2. The summed E-state index contributed by atoms with van der Waals surface area (Å²) < 4.78 is 98.1. The summed E-state index contributed by atoms with van der Waals surface area (Å²) in [5, 5.41) is 0. The van der Waals surface area contributed by atoms with Gasteiger partial charge >= 0.3 is 12.4 Å². The van der Waals surface area contributed by atoms with Crippen LogP contribution in [0.4, 0.5) is 26.3 Å². The van der Waals surface area contributed by atoms with E-state index in [4.69, 9.17) is 0 Å². The van der Waals surface area contributed by atoms with E-state index in [0.29, 0.717) is 6.07 Å². The molecule has 0 heterocycles. The Labute approximate surface area is 116 Å². The molecule has 0 aliphatic rings. The second-order valence-electron chi connectivity index (χ2n) is 3.96. The second-order valence-corrected chi connectivity index (χ2v) is 5.54. The molecule has 0 fully saturated rings. The molecule has 0 aromatic heterocycles. The number of hydrogen-bond acceptors (Lipinski definition) is 2. The van der Waals surface area contributed by atoms with Gasteiger partial charge in [-0.2, -0.15) is 44.2 Å². The summed E-state index contributed by atoms with van der Waals surface area (Å²) in [5.74, 6) is 0. The topological polar surface area (TPSA) is 58.2 Å². The van der Waals surface area contributed by atoms with Crippen LogP contribution >= 0.6 is 0 Å². The van der Waals surface area contributed by atoms with Gasteiger partial charge in [-0.25, -0.2) is 0 Å². The monoisotopic (exact) mass is 336 g/mol. The Morgan fingerprint density at radius 1 is 1.00 bits per heavy atom. The van der Waals surface area contributed by atoms with Gasteiger partial charge in [0.25, 0.3) is 10.2 Å². The van der Waals surface area contributed by atoms with Crippen LogP contribution in [0.15, 0.2) is 24.3 Å². The van der Waals surface area contributed by atoms with Gasteiger partial charge in [0.2, 0.25) is 0 Å². The van der Waals surface area contributed by atoms with Crippen molar-refractivity contribution in [1.29, 1.82) is 0 Å². The number of hydrogen-bond donors (Lipinski definition) is 2. The molecule has 11 heteroatoms. The van der Waals surface area contributed by atoms with Crippen LogP contribution < -0.4 is 9.44 Å². The molecule has 0 aliphatic carbocycles. The molecule has 0 atom stereocenters. The van der Waals surface area contributed by atoms with Crippen molar-refractivity contribution in [2.75, 3.05) is 6.54 Å². The van der Waals surface area contributed by atoms with Gasteiger partial charge in [-0.1, -0.05) is 18.2 Å². The van der Waals surface area contributed by atoms with Crippen molar-refractivity contribution in [3.63, 3.8) is 0 Å². The smallest absolute Gasteiger partial charge is 0.198 e. The van der Waals surface area contributed by atoms with Crippen LogP contribution in [0.5, 0.6) is 0 Å². The number of halogens is 6. The van der Waals surface area contributed by atoms with E-state index in [9.17, 15) is 34.8 Å². The highest BCUT2D eigenvalue weighted by Gasteiger charge is 2.31. The molecule has 1 aromatic rings. The molecule has 4 nitrogen and oxygen atoms in total. The van der Waals surface area contributed by atoms with E-state index < -0.39 is 41.2 Å². The maximum absolute atomic E-state index is 12.4. The first-order valence-electron chi connectivity index (χ1n) is 5.36. The first kappa shape index (κ1) is 17.7. The van der Waals surface area contributed by atoms with Crippen LogP contribution in [0.3, 0.4) is 0 Å². The van der Waals surface area contributed by atoms with Crippen molar-refractivity contribution in [1.82, 2.24) is 9.44 Å². The molecule has 0 spiro atoms. The average molecular weight is 336 g/mol.